The second-order valence-electron chi connectivity index (χ2n) is 13.3. The first-order valence-corrected chi connectivity index (χ1v) is 13.5. The van der Waals surface area contributed by atoms with E-state index < -0.39 is 0 Å². The molecular formula is C35H42O. The Morgan fingerprint density at radius 2 is 1.78 bits per heavy atom. The minimum Gasteiger partial charge on any atom is -0.489 e. The monoisotopic (exact) mass is 478 g/mol. The maximum absolute atomic E-state index is 6.55. The molecule has 0 spiro atoms. The summed E-state index contributed by atoms with van der Waals surface area (Å²) in [6.45, 7) is 23.2. The third-order valence-corrected chi connectivity index (χ3v) is 8.44. The predicted octanol–water partition coefficient (Wildman–Crippen LogP) is 9.47. The van der Waals surface area contributed by atoms with Crippen LogP contribution in [0.4, 0.5) is 0 Å². The van der Waals surface area contributed by atoms with Gasteiger partial charge in [0.25, 0.3) is 0 Å². The van der Waals surface area contributed by atoms with Crippen LogP contribution >= 0.6 is 0 Å². The van der Waals surface area contributed by atoms with E-state index in [4.69, 9.17) is 4.74 Å². The molecule has 188 valence electrons. The minimum atomic E-state index is -0.0815. The first-order chi connectivity index (χ1) is 16.8. The second-order valence-corrected chi connectivity index (χ2v) is 13.3. The zero-order chi connectivity index (χ0) is 26.0. The van der Waals surface area contributed by atoms with Crippen molar-refractivity contribution in [2.75, 3.05) is 6.61 Å². The molecule has 5 rings (SSSR count). The van der Waals surface area contributed by atoms with Crippen molar-refractivity contribution < 1.29 is 4.74 Å². The molecule has 0 radical (unpaired) electrons. The highest BCUT2D eigenvalue weighted by Crippen LogP contribution is 2.62. The molecule has 1 unspecified atom stereocenters. The van der Waals surface area contributed by atoms with Crippen molar-refractivity contribution in [3.63, 3.8) is 0 Å². The van der Waals surface area contributed by atoms with Crippen molar-refractivity contribution >= 4 is 5.57 Å². The Hall–Kier alpha value is -2.80. The van der Waals surface area contributed by atoms with E-state index in [1.807, 2.05) is 6.08 Å². The first kappa shape index (κ1) is 24.9. The Kier molecular flexibility index (Phi) is 5.78. The quantitative estimate of drug-likeness (QED) is 0.398. The number of allylic oxidation sites excluding steroid dienone is 6. The van der Waals surface area contributed by atoms with E-state index in [2.05, 4.69) is 111 Å². The van der Waals surface area contributed by atoms with Crippen LogP contribution in [0.5, 0.6) is 5.75 Å². The van der Waals surface area contributed by atoms with Crippen molar-refractivity contribution in [3.05, 3.63) is 106 Å². The molecule has 0 bridgehead atoms. The molecule has 1 atom stereocenters. The van der Waals surface area contributed by atoms with Gasteiger partial charge in [-0.1, -0.05) is 109 Å². The van der Waals surface area contributed by atoms with Gasteiger partial charge in [0.2, 0.25) is 0 Å². The van der Waals surface area contributed by atoms with Crippen molar-refractivity contribution in [3.8, 4) is 5.75 Å². The van der Waals surface area contributed by atoms with Crippen LogP contribution in [0.25, 0.3) is 5.57 Å². The number of aryl methyl sites for hydroxylation is 1. The van der Waals surface area contributed by atoms with Crippen LogP contribution in [0.1, 0.15) is 95.0 Å². The smallest absolute Gasteiger partial charge is 0.127 e. The lowest BCUT2D eigenvalue weighted by Gasteiger charge is -2.45. The maximum atomic E-state index is 6.55. The summed E-state index contributed by atoms with van der Waals surface area (Å²) in [5.74, 6) is 1.24. The number of hydrogen-bond donors (Lipinski definition) is 0. The molecule has 1 nitrogen and oxygen atoms in total. The number of rotatable bonds is 4. The summed E-state index contributed by atoms with van der Waals surface area (Å²) in [7, 11) is 0. The van der Waals surface area contributed by atoms with Gasteiger partial charge in [-0.05, 0) is 70.1 Å². The van der Waals surface area contributed by atoms with E-state index in [9.17, 15) is 0 Å². The lowest BCUT2D eigenvalue weighted by atomic mass is 9.58. The van der Waals surface area contributed by atoms with Gasteiger partial charge in [0, 0.05) is 22.5 Å². The molecule has 3 aliphatic carbocycles. The Balaban J connectivity index is 1.83. The Morgan fingerprint density at radius 3 is 2.47 bits per heavy atom. The zero-order valence-electron chi connectivity index (χ0n) is 23.5. The van der Waals surface area contributed by atoms with Crippen LogP contribution in [-0.4, -0.2) is 6.61 Å². The highest BCUT2D eigenvalue weighted by Gasteiger charge is 2.48. The highest BCUT2D eigenvalue weighted by atomic mass is 16.5. The van der Waals surface area contributed by atoms with Crippen LogP contribution < -0.4 is 4.74 Å². The molecule has 0 saturated carbocycles. The van der Waals surface area contributed by atoms with E-state index in [0.717, 1.165) is 12.2 Å². The molecule has 0 amide bonds. The van der Waals surface area contributed by atoms with Gasteiger partial charge in [-0.2, -0.15) is 0 Å². The number of fused-ring (bicyclic) bond motifs is 4. The van der Waals surface area contributed by atoms with Crippen molar-refractivity contribution in [1.29, 1.82) is 0 Å². The Bertz CT molecular complexity index is 1330. The molecule has 2 aromatic carbocycles. The molecule has 36 heavy (non-hydrogen) atoms. The zero-order valence-corrected chi connectivity index (χ0v) is 23.5. The SMILES string of the molecule is C=CCOc1c(C2c3ccccc3C3=CC4=CC(C)(C)CCC4=C3C2(C)C)cc(C)cc1C(C)(C)C. The van der Waals surface area contributed by atoms with Crippen molar-refractivity contribution in [1.82, 2.24) is 0 Å². The standard InChI is InChI=1S/C35H42O/c1-10-17-36-32-28(18-22(2)19-29(32)33(3,4)5)31-26-14-12-11-13-25(26)27-20-23-21-34(6,7)16-15-24(23)30(27)35(31,8)9/h10-14,18-21,31H,1,15-17H2,2-9H3. The third-order valence-electron chi connectivity index (χ3n) is 8.44. The third kappa shape index (κ3) is 3.92. The van der Waals surface area contributed by atoms with Crippen LogP contribution in [0.2, 0.25) is 0 Å². The molecule has 1 heteroatoms. The highest BCUT2D eigenvalue weighted by molar-refractivity contribution is 5.93. The summed E-state index contributed by atoms with van der Waals surface area (Å²) < 4.78 is 6.55. The first-order valence-electron chi connectivity index (χ1n) is 13.5. The van der Waals surface area contributed by atoms with Gasteiger partial charge in [0.1, 0.15) is 12.4 Å². The van der Waals surface area contributed by atoms with E-state index in [-0.39, 0.29) is 22.2 Å². The fourth-order valence-corrected chi connectivity index (χ4v) is 6.87. The molecule has 3 aliphatic rings. The fraction of sp³-hybridized carbons (Fsp3) is 0.429. The minimum absolute atomic E-state index is 0.0270. The van der Waals surface area contributed by atoms with E-state index in [1.165, 1.54) is 45.4 Å². The van der Waals surface area contributed by atoms with E-state index in [0.29, 0.717) is 6.61 Å². The number of ether oxygens (including phenoxy) is 1. The fourth-order valence-electron chi connectivity index (χ4n) is 6.87. The van der Waals surface area contributed by atoms with Crippen LogP contribution in [0.15, 0.2) is 77.9 Å². The normalized spacial score (nSPS) is 21.7. The molecule has 0 aromatic heterocycles. The van der Waals surface area contributed by atoms with E-state index in [1.54, 1.807) is 11.1 Å². The summed E-state index contributed by atoms with van der Waals surface area (Å²) in [5, 5.41) is 0. The van der Waals surface area contributed by atoms with Crippen LogP contribution in [-0.2, 0) is 5.41 Å². The largest absolute Gasteiger partial charge is 0.489 e. The summed E-state index contributed by atoms with van der Waals surface area (Å²) >= 11 is 0. The number of benzene rings is 2. The molecule has 2 aromatic rings. The van der Waals surface area contributed by atoms with Crippen molar-refractivity contribution in [2.45, 2.75) is 79.6 Å². The lowest BCUT2D eigenvalue weighted by Crippen LogP contribution is -2.32. The van der Waals surface area contributed by atoms with Gasteiger partial charge in [-0.15, -0.1) is 0 Å². The summed E-state index contributed by atoms with van der Waals surface area (Å²) in [6, 6.07) is 13.8. The topological polar surface area (TPSA) is 9.23 Å². The van der Waals surface area contributed by atoms with Gasteiger partial charge in [-0.3, -0.25) is 0 Å². The van der Waals surface area contributed by atoms with Gasteiger partial charge >= 0.3 is 0 Å². The summed E-state index contributed by atoms with van der Waals surface area (Å²) in [6.07, 6.45) is 9.20. The van der Waals surface area contributed by atoms with Crippen LogP contribution in [0, 0.1) is 17.8 Å². The average molecular weight is 479 g/mol. The summed E-state index contributed by atoms with van der Waals surface area (Å²) in [5.41, 5.74) is 12.8. The van der Waals surface area contributed by atoms with Crippen LogP contribution in [0.3, 0.4) is 0 Å². The molecule has 0 fully saturated rings. The van der Waals surface area contributed by atoms with Gasteiger partial charge in [0.05, 0.1) is 0 Å². The predicted molar refractivity (Wildman–Crippen MR) is 154 cm³/mol. The molecule has 0 saturated heterocycles. The second kappa shape index (κ2) is 8.37. The van der Waals surface area contributed by atoms with Crippen molar-refractivity contribution in [2.24, 2.45) is 10.8 Å². The van der Waals surface area contributed by atoms with Gasteiger partial charge < -0.3 is 4.74 Å². The number of hydrogen-bond acceptors (Lipinski definition) is 1. The molecule has 0 heterocycles. The molecule has 0 N–H and O–H groups in total. The van der Waals surface area contributed by atoms with Gasteiger partial charge in [-0.25, -0.2) is 0 Å². The van der Waals surface area contributed by atoms with E-state index >= 15 is 0 Å². The van der Waals surface area contributed by atoms with Gasteiger partial charge in [0.15, 0.2) is 0 Å². The average Bonchev–Trinajstić information content (AvgIpc) is 3.16. The molecular weight excluding hydrogens is 436 g/mol. The summed E-state index contributed by atoms with van der Waals surface area (Å²) in [4.78, 5) is 0. The molecule has 0 aliphatic heterocycles. The lowest BCUT2D eigenvalue weighted by molar-refractivity contribution is 0.327. The maximum Gasteiger partial charge on any atom is 0.127 e. The Labute approximate surface area is 218 Å². The Morgan fingerprint density at radius 1 is 1.06 bits per heavy atom.